The number of benzene rings is 4. The van der Waals surface area contributed by atoms with E-state index in [4.69, 9.17) is 4.42 Å². The first-order valence-corrected chi connectivity index (χ1v) is 10.1. The summed E-state index contributed by atoms with van der Waals surface area (Å²) < 4.78 is 5.72. The Kier molecular flexibility index (Phi) is 3.62. The van der Waals surface area contributed by atoms with Gasteiger partial charge in [-0.05, 0) is 50.7 Å². The van der Waals surface area contributed by atoms with E-state index in [1.807, 2.05) is 24.5 Å². The Morgan fingerprint density at radius 3 is 2.14 bits per heavy atom. The topological polar surface area (TPSA) is 33.4 Å². The van der Waals surface area contributed by atoms with Crippen molar-refractivity contribution in [1.29, 1.82) is 0 Å². The van der Waals surface area contributed by atoms with Crippen molar-refractivity contribution in [1.82, 2.24) is 0 Å². The molecular weight excluding hydrogens is 356 g/mol. The molecule has 1 aliphatic rings. The van der Waals surface area contributed by atoms with Crippen LogP contribution in [-0.2, 0) is 6.42 Å². The van der Waals surface area contributed by atoms with Crippen LogP contribution in [0.3, 0.4) is 0 Å². The highest BCUT2D eigenvalue weighted by Crippen LogP contribution is 2.43. The van der Waals surface area contributed by atoms with Crippen molar-refractivity contribution in [2.75, 3.05) is 0 Å². The van der Waals surface area contributed by atoms with Gasteiger partial charge in [0.25, 0.3) is 0 Å². The van der Waals surface area contributed by atoms with E-state index in [9.17, 15) is 5.11 Å². The molecule has 2 atom stereocenters. The second kappa shape index (κ2) is 6.33. The minimum absolute atomic E-state index is 0.00748. The van der Waals surface area contributed by atoms with E-state index < -0.39 is 6.10 Å². The van der Waals surface area contributed by atoms with Crippen LogP contribution in [0.25, 0.3) is 38.6 Å². The quantitative estimate of drug-likeness (QED) is 0.350. The summed E-state index contributed by atoms with van der Waals surface area (Å²) in [5.74, 6) is 0.00748. The van der Waals surface area contributed by atoms with E-state index in [1.165, 1.54) is 16.2 Å². The van der Waals surface area contributed by atoms with Crippen LogP contribution >= 0.6 is 0 Å². The van der Waals surface area contributed by atoms with Crippen LogP contribution in [-0.4, -0.2) is 5.11 Å². The summed E-state index contributed by atoms with van der Waals surface area (Å²) in [6, 6.07) is 25.0. The average Bonchev–Trinajstić information content (AvgIpc) is 3.18. The largest absolute Gasteiger partial charge is 0.464 e. The van der Waals surface area contributed by atoms with Gasteiger partial charge in [0.05, 0.1) is 12.4 Å². The van der Waals surface area contributed by atoms with Gasteiger partial charge in [0.15, 0.2) is 0 Å². The highest BCUT2D eigenvalue weighted by Gasteiger charge is 2.28. The molecule has 0 radical (unpaired) electrons. The number of hydrogen-bond acceptors (Lipinski definition) is 2. The van der Waals surface area contributed by atoms with E-state index in [1.54, 1.807) is 0 Å². The summed E-state index contributed by atoms with van der Waals surface area (Å²) in [4.78, 5) is 0. The highest BCUT2D eigenvalue weighted by molar-refractivity contribution is 6.13. The lowest BCUT2D eigenvalue weighted by Crippen LogP contribution is -2.18. The molecule has 1 N–H and O–H groups in total. The molecule has 0 unspecified atom stereocenters. The number of para-hydroxylation sites is 1. The van der Waals surface area contributed by atoms with Crippen molar-refractivity contribution in [2.45, 2.75) is 12.5 Å². The summed E-state index contributed by atoms with van der Waals surface area (Å²) in [5.41, 5.74) is 4.22. The monoisotopic (exact) mass is 376 g/mol. The summed E-state index contributed by atoms with van der Waals surface area (Å²) in [6.45, 7) is 0. The first kappa shape index (κ1) is 16.6. The third-order valence-electron chi connectivity index (χ3n) is 6.24. The minimum Gasteiger partial charge on any atom is -0.464 e. The van der Waals surface area contributed by atoms with Gasteiger partial charge < -0.3 is 9.52 Å². The number of rotatable bonds is 2. The van der Waals surface area contributed by atoms with Crippen LogP contribution in [0, 0.1) is 5.92 Å². The van der Waals surface area contributed by atoms with Gasteiger partial charge in [0.1, 0.15) is 5.58 Å². The number of aliphatic hydroxyl groups excluding tert-OH is 1. The van der Waals surface area contributed by atoms with Crippen LogP contribution in [0.2, 0.25) is 0 Å². The molecule has 0 saturated heterocycles. The maximum atomic E-state index is 11.5. The predicted molar refractivity (Wildman–Crippen MR) is 119 cm³/mol. The Hall–Kier alpha value is -3.36. The maximum Gasteiger partial charge on any atom is 0.134 e. The molecule has 1 heterocycles. The normalized spacial score (nSPS) is 18.5. The average molecular weight is 376 g/mol. The number of aliphatic hydroxyl groups is 1. The zero-order valence-corrected chi connectivity index (χ0v) is 15.9. The number of furan rings is 1. The van der Waals surface area contributed by atoms with Crippen molar-refractivity contribution in [3.05, 3.63) is 102 Å². The molecule has 5 aromatic rings. The van der Waals surface area contributed by atoms with Crippen molar-refractivity contribution < 1.29 is 9.52 Å². The third kappa shape index (κ3) is 2.46. The Labute approximate surface area is 168 Å². The fourth-order valence-corrected chi connectivity index (χ4v) is 4.86. The van der Waals surface area contributed by atoms with Gasteiger partial charge >= 0.3 is 0 Å². The Balaban J connectivity index is 1.52. The summed E-state index contributed by atoms with van der Waals surface area (Å²) in [5, 5.41) is 17.4. The van der Waals surface area contributed by atoms with Gasteiger partial charge in [0, 0.05) is 11.3 Å². The van der Waals surface area contributed by atoms with Crippen LogP contribution in [0.4, 0.5) is 0 Å². The molecule has 0 spiro atoms. The fourth-order valence-electron chi connectivity index (χ4n) is 4.86. The second-order valence-corrected chi connectivity index (χ2v) is 7.85. The zero-order valence-electron chi connectivity index (χ0n) is 15.9. The molecule has 1 aromatic heterocycles. The number of fused-ring (bicyclic) bond motifs is 7. The molecule has 0 aliphatic heterocycles. The molecule has 1 aliphatic carbocycles. The lowest BCUT2D eigenvalue weighted by atomic mass is 9.79. The Morgan fingerprint density at radius 2 is 1.34 bits per heavy atom. The summed E-state index contributed by atoms with van der Waals surface area (Å²) in [6.07, 6.45) is 6.38. The van der Waals surface area contributed by atoms with Gasteiger partial charge in [-0.3, -0.25) is 0 Å². The molecule has 0 bridgehead atoms. The van der Waals surface area contributed by atoms with Crippen molar-refractivity contribution in [3.8, 4) is 0 Å². The SMILES string of the molecule is O[C@H]1c2c(c3ccccc3c3ccccc23)C=C[C@H]1Cc1coc2ccccc12. The lowest BCUT2D eigenvalue weighted by Gasteiger charge is -2.28. The van der Waals surface area contributed by atoms with Crippen LogP contribution in [0.15, 0.2) is 89.6 Å². The molecule has 140 valence electrons. The van der Waals surface area contributed by atoms with E-state index >= 15 is 0 Å². The first-order valence-electron chi connectivity index (χ1n) is 10.1. The van der Waals surface area contributed by atoms with E-state index in [0.717, 1.165) is 39.5 Å². The van der Waals surface area contributed by atoms with Gasteiger partial charge in [-0.15, -0.1) is 0 Å². The number of hydrogen-bond donors (Lipinski definition) is 1. The third-order valence-corrected chi connectivity index (χ3v) is 6.24. The van der Waals surface area contributed by atoms with Crippen LogP contribution in [0.5, 0.6) is 0 Å². The first-order chi connectivity index (χ1) is 14.3. The van der Waals surface area contributed by atoms with Crippen molar-refractivity contribution in [3.63, 3.8) is 0 Å². The van der Waals surface area contributed by atoms with Crippen LogP contribution < -0.4 is 0 Å². The van der Waals surface area contributed by atoms with Gasteiger partial charge in [0.2, 0.25) is 0 Å². The molecule has 0 saturated carbocycles. The molecule has 0 fully saturated rings. The van der Waals surface area contributed by atoms with E-state index in [2.05, 4.69) is 66.7 Å². The highest BCUT2D eigenvalue weighted by atomic mass is 16.3. The fraction of sp³-hybridized carbons (Fsp3) is 0.111. The molecule has 2 nitrogen and oxygen atoms in total. The van der Waals surface area contributed by atoms with Gasteiger partial charge in [-0.2, -0.15) is 0 Å². The van der Waals surface area contributed by atoms with Gasteiger partial charge in [-0.1, -0.05) is 78.9 Å². The summed E-state index contributed by atoms with van der Waals surface area (Å²) in [7, 11) is 0. The van der Waals surface area contributed by atoms with Crippen molar-refractivity contribution >= 4 is 38.6 Å². The summed E-state index contributed by atoms with van der Waals surface area (Å²) >= 11 is 0. The van der Waals surface area contributed by atoms with E-state index in [-0.39, 0.29) is 5.92 Å². The standard InChI is InChI=1S/C27H20O2/c28-27-17(15-18-16-29-25-12-6-5-7-19(18)25)13-14-24-22-10-2-1-8-20(22)21-9-3-4-11-23(21)26(24)27/h1-14,16-17,27-28H,15H2/t17-,27+/m0/s1. The predicted octanol–water partition coefficient (Wildman–Crippen LogP) is 6.66. The van der Waals surface area contributed by atoms with Crippen LogP contribution in [0.1, 0.15) is 22.8 Å². The minimum atomic E-state index is -0.557. The smallest absolute Gasteiger partial charge is 0.134 e. The lowest BCUT2D eigenvalue weighted by molar-refractivity contribution is 0.131. The molecule has 29 heavy (non-hydrogen) atoms. The van der Waals surface area contributed by atoms with Gasteiger partial charge in [-0.25, -0.2) is 0 Å². The maximum absolute atomic E-state index is 11.5. The van der Waals surface area contributed by atoms with E-state index in [0.29, 0.717) is 0 Å². The molecular formula is C27H20O2. The molecule has 2 heteroatoms. The Morgan fingerprint density at radius 1 is 0.724 bits per heavy atom. The zero-order chi connectivity index (χ0) is 19.4. The molecule has 0 amide bonds. The second-order valence-electron chi connectivity index (χ2n) is 7.85. The molecule has 6 rings (SSSR count). The Bertz CT molecular complexity index is 1410. The van der Waals surface area contributed by atoms with Crippen molar-refractivity contribution in [2.24, 2.45) is 5.92 Å². The molecule has 4 aromatic carbocycles.